The number of amides is 3. The molecule has 1 aromatic heterocycles. The molecular formula is C22H26F3N5O3. The quantitative estimate of drug-likeness (QED) is 0.557. The third kappa shape index (κ3) is 8.97. The summed E-state index contributed by atoms with van der Waals surface area (Å²) in [6.45, 7) is 0.336. The minimum Gasteiger partial charge on any atom is -0.468 e. The lowest BCUT2D eigenvalue weighted by Gasteiger charge is -2.31. The first-order valence-corrected chi connectivity index (χ1v) is 10.5. The predicted molar refractivity (Wildman–Crippen MR) is 116 cm³/mol. The van der Waals surface area contributed by atoms with Gasteiger partial charge in [0.15, 0.2) is 6.61 Å². The van der Waals surface area contributed by atoms with E-state index in [2.05, 4.69) is 25.7 Å². The highest BCUT2D eigenvalue weighted by molar-refractivity contribution is 5.92. The zero-order valence-electron chi connectivity index (χ0n) is 17.9. The Bertz CT molecular complexity index is 919. The Hall–Kier alpha value is -3.34. The van der Waals surface area contributed by atoms with Crippen molar-refractivity contribution >= 4 is 17.6 Å². The molecule has 11 heteroatoms. The Morgan fingerprint density at radius 1 is 1.12 bits per heavy atom. The topological polar surface area (TPSA) is 95.6 Å². The Labute approximate surface area is 189 Å². The van der Waals surface area contributed by atoms with Crippen LogP contribution in [0.15, 0.2) is 48.7 Å². The first kappa shape index (κ1) is 24.3. The SMILES string of the molecule is O=C(CN1CCC(NC(=O)NCc2ccnc(OCC(F)(F)F)c2)CC1)Nc1ccccc1. The number of anilines is 1. The summed E-state index contributed by atoms with van der Waals surface area (Å²) in [6.07, 6.45) is -1.71. The number of likely N-dealkylation sites (tertiary alicyclic amines) is 1. The van der Waals surface area contributed by atoms with E-state index in [1.54, 1.807) is 6.07 Å². The van der Waals surface area contributed by atoms with Crippen LogP contribution in [0.1, 0.15) is 18.4 Å². The molecule has 0 spiro atoms. The van der Waals surface area contributed by atoms with E-state index in [1.807, 2.05) is 35.2 Å². The van der Waals surface area contributed by atoms with Crippen LogP contribution >= 0.6 is 0 Å². The molecule has 1 saturated heterocycles. The van der Waals surface area contributed by atoms with Crippen LogP contribution in [0, 0.1) is 0 Å². The van der Waals surface area contributed by atoms with Crippen LogP contribution in [0.5, 0.6) is 5.88 Å². The fraction of sp³-hybridized carbons (Fsp3) is 0.409. The highest BCUT2D eigenvalue weighted by atomic mass is 19.4. The molecule has 2 aromatic rings. The van der Waals surface area contributed by atoms with Crippen molar-refractivity contribution in [2.45, 2.75) is 31.6 Å². The standard InChI is InChI=1S/C22H26F3N5O3/c23-22(24,25)15-33-20-12-16(6-9-26-20)13-27-21(32)29-18-7-10-30(11-8-18)14-19(31)28-17-4-2-1-3-5-17/h1-6,9,12,18H,7-8,10-11,13-15H2,(H,28,31)(H2,27,29,32). The molecule has 3 N–H and O–H groups in total. The van der Waals surface area contributed by atoms with E-state index in [4.69, 9.17) is 0 Å². The Balaban J connectivity index is 1.34. The predicted octanol–water partition coefficient (Wildman–Crippen LogP) is 2.93. The minimum atomic E-state index is -4.45. The van der Waals surface area contributed by atoms with E-state index in [0.717, 1.165) is 5.69 Å². The van der Waals surface area contributed by atoms with Crippen LogP contribution in [0.3, 0.4) is 0 Å². The average Bonchev–Trinajstić information content (AvgIpc) is 2.78. The van der Waals surface area contributed by atoms with Crippen molar-refractivity contribution < 1.29 is 27.5 Å². The van der Waals surface area contributed by atoms with Crippen LogP contribution < -0.4 is 20.7 Å². The lowest BCUT2D eigenvalue weighted by atomic mass is 10.1. The number of nitrogens with zero attached hydrogens (tertiary/aromatic N) is 2. The molecule has 0 radical (unpaired) electrons. The van der Waals surface area contributed by atoms with Crippen molar-refractivity contribution in [3.8, 4) is 5.88 Å². The summed E-state index contributed by atoms with van der Waals surface area (Å²) >= 11 is 0. The number of ether oxygens (including phenoxy) is 1. The molecule has 1 fully saturated rings. The maximum atomic E-state index is 12.3. The fourth-order valence-corrected chi connectivity index (χ4v) is 3.37. The van der Waals surface area contributed by atoms with Crippen LogP contribution in [-0.2, 0) is 11.3 Å². The van der Waals surface area contributed by atoms with Gasteiger partial charge in [0.25, 0.3) is 0 Å². The number of rotatable bonds is 8. The van der Waals surface area contributed by atoms with Gasteiger partial charge in [-0.2, -0.15) is 13.2 Å². The lowest BCUT2D eigenvalue weighted by molar-refractivity contribution is -0.154. The van der Waals surface area contributed by atoms with Crippen molar-refractivity contribution in [1.29, 1.82) is 0 Å². The van der Waals surface area contributed by atoms with Gasteiger partial charge in [-0.15, -0.1) is 0 Å². The molecule has 8 nitrogen and oxygen atoms in total. The molecule has 1 aliphatic rings. The number of halogens is 3. The summed E-state index contributed by atoms with van der Waals surface area (Å²) in [5.74, 6) is -0.239. The van der Waals surface area contributed by atoms with Gasteiger partial charge in [0.1, 0.15) is 0 Å². The number of carbonyl (C=O) groups excluding carboxylic acids is 2. The molecule has 0 aliphatic carbocycles. The number of para-hydroxylation sites is 1. The van der Waals surface area contributed by atoms with Crippen LogP contribution in [0.4, 0.5) is 23.7 Å². The first-order valence-electron chi connectivity index (χ1n) is 10.5. The molecule has 2 heterocycles. The Morgan fingerprint density at radius 2 is 1.85 bits per heavy atom. The summed E-state index contributed by atoms with van der Waals surface area (Å²) in [6, 6.07) is 11.8. The molecule has 1 aromatic carbocycles. The van der Waals surface area contributed by atoms with Gasteiger partial charge in [0, 0.05) is 43.6 Å². The summed E-state index contributed by atoms with van der Waals surface area (Å²) < 4.78 is 41.4. The third-order valence-corrected chi connectivity index (χ3v) is 4.98. The van der Waals surface area contributed by atoms with Gasteiger partial charge in [-0.3, -0.25) is 9.69 Å². The summed E-state index contributed by atoms with van der Waals surface area (Å²) in [4.78, 5) is 30.1. The van der Waals surface area contributed by atoms with Gasteiger partial charge in [0.2, 0.25) is 11.8 Å². The average molecular weight is 465 g/mol. The number of nitrogens with one attached hydrogen (secondary N) is 3. The molecular weight excluding hydrogens is 439 g/mol. The number of piperidine rings is 1. The Morgan fingerprint density at radius 3 is 2.55 bits per heavy atom. The van der Waals surface area contributed by atoms with E-state index < -0.39 is 12.8 Å². The highest BCUT2D eigenvalue weighted by Gasteiger charge is 2.28. The second-order valence-electron chi connectivity index (χ2n) is 7.70. The van der Waals surface area contributed by atoms with Crippen LogP contribution in [0.2, 0.25) is 0 Å². The van der Waals surface area contributed by atoms with Gasteiger partial charge < -0.3 is 20.7 Å². The smallest absolute Gasteiger partial charge is 0.422 e. The normalized spacial score (nSPS) is 15.0. The van der Waals surface area contributed by atoms with Gasteiger partial charge in [-0.25, -0.2) is 9.78 Å². The molecule has 3 amide bonds. The molecule has 0 saturated carbocycles. The molecule has 0 atom stereocenters. The second-order valence-corrected chi connectivity index (χ2v) is 7.70. The van der Waals surface area contributed by atoms with E-state index in [9.17, 15) is 22.8 Å². The van der Waals surface area contributed by atoms with Gasteiger partial charge in [-0.05, 0) is 36.6 Å². The number of urea groups is 1. The zero-order valence-corrected chi connectivity index (χ0v) is 17.9. The third-order valence-electron chi connectivity index (χ3n) is 4.98. The number of benzene rings is 1. The van der Waals surface area contributed by atoms with Crippen LogP contribution in [0.25, 0.3) is 0 Å². The first-order chi connectivity index (χ1) is 15.8. The van der Waals surface area contributed by atoms with Crippen molar-refractivity contribution in [3.05, 3.63) is 54.2 Å². The van der Waals surface area contributed by atoms with Crippen LogP contribution in [-0.4, -0.2) is 60.3 Å². The van der Waals surface area contributed by atoms with Crippen molar-refractivity contribution in [1.82, 2.24) is 20.5 Å². The second kappa shape index (κ2) is 11.5. The molecule has 1 aliphatic heterocycles. The van der Waals surface area contributed by atoms with E-state index in [0.29, 0.717) is 31.5 Å². The van der Waals surface area contributed by atoms with Gasteiger partial charge in [0.05, 0.1) is 6.54 Å². The highest BCUT2D eigenvalue weighted by Crippen LogP contribution is 2.17. The van der Waals surface area contributed by atoms with Crippen molar-refractivity contribution in [2.75, 3.05) is 31.6 Å². The molecule has 33 heavy (non-hydrogen) atoms. The number of alkyl halides is 3. The molecule has 178 valence electrons. The minimum absolute atomic E-state index is 0.0263. The number of pyridine rings is 1. The van der Waals surface area contributed by atoms with E-state index in [1.165, 1.54) is 12.3 Å². The summed E-state index contributed by atoms with van der Waals surface area (Å²) in [5.41, 5.74) is 1.32. The maximum Gasteiger partial charge on any atom is 0.422 e. The van der Waals surface area contributed by atoms with Crippen molar-refractivity contribution in [2.24, 2.45) is 0 Å². The van der Waals surface area contributed by atoms with Crippen molar-refractivity contribution in [3.63, 3.8) is 0 Å². The summed E-state index contributed by atoms with van der Waals surface area (Å²) in [7, 11) is 0. The van der Waals surface area contributed by atoms with E-state index >= 15 is 0 Å². The monoisotopic (exact) mass is 465 g/mol. The number of carbonyl (C=O) groups is 2. The number of aromatic nitrogens is 1. The molecule has 0 unspecified atom stereocenters. The number of hydrogen-bond donors (Lipinski definition) is 3. The van der Waals surface area contributed by atoms with E-state index in [-0.39, 0.29) is 36.9 Å². The fourth-order valence-electron chi connectivity index (χ4n) is 3.37. The Kier molecular flexibility index (Phi) is 8.47. The summed E-state index contributed by atoms with van der Waals surface area (Å²) in [5, 5.41) is 8.43. The largest absolute Gasteiger partial charge is 0.468 e. The zero-order chi connectivity index (χ0) is 23.7. The maximum absolute atomic E-state index is 12.3. The van der Waals surface area contributed by atoms with Gasteiger partial charge >= 0.3 is 12.2 Å². The molecule has 0 bridgehead atoms. The molecule has 3 rings (SSSR count). The van der Waals surface area contributed by atoms with Gasteiger partial charge in [-0.1, -0.05) is 18.2 Å². The number of hydrogen-bond acceptors (Lipinski definition) is 5. The lowest BCUT2D eigenvalue weighted by Crippen LogP contribution is -2.48.